The number of aromatic nitrogens is 2. The highest BCUT2D eigenvalue weighted by molar-refractivity contribution is 4.90. The highest BCUT2D eigenvalue weighted by Crippen LogP contribution is 2.26. The van der Waals surface area contributed by atoms with Crippen molar-refractivity contribution in [2.75, 3.05) is 6.54 Å². The lowest BCUT2D eigenvalue weighted by atomic mass is 10.3. The summed E-state index contributed by atoms with van der Waals surface area (Å²) in [5, 5.41) is 2.79. The largest absolute Gasteiger partial charge is 0.455 e. The zero-order valence-corrected chi connectivity index (χ0v) is 6.64. The van der Waals surface area contributed by atoms with Crippen LogP contribution in [-0.2, 0) is 12.6 Å². The molecule has 0 saturated carbocycles. The van der Waals surface area contributed by atoms with Crippen LogP contribution >= 0.6 is 0 Å². The number of hydrogen-bond donors (Lipinski definition) is 1. The quantitative estimate of drug-likeness (QED) is 0.780. The Morgan fingerprint density at radius 3 is 2.54 bits per heavy atom. The fourth-order valence-electron chi connectivity index (χ4n) is 0.725. The van der Waals surface area contributed by atoms with Crippen LogP contribution in [0.2, 0.25) is 0 Å². The van der Waals surface area contributed by atoms with E-state index in [1.165, 1.54) is 0 Å². The van der Waals surface area contributed by atoms with Crippen LogP contribution in [0.1, 0.15) is 18.1 Å². The minimum absolute atomic E-state index is 0.0298. The number of nitrogens with zero attached hydrogens (tertiary/aromatic N) is 2. The van der Waals surface area contributed by atoms with Crippen molar-refractivity contribution in [3.8, 4) is 0 Å². The van der Waals surface area contributed by atoms with E-state index in [9.17, 15) is 13.2 Å². The zero-order chi connectivity index (χ0) is 9.90. The Bertz CT molecular complexity index is 270. The Balaban J connectivity index is 2.64. The molecule has 0 fully saturated rings. The first-order valence-corrected chi connectivity index (χ1v) is 3.64. The topological polar surface area (TPSA) is 64.9 Å². The lowest BCUT2D eigenvalue weighted by Crippen LogP contribution is -2.07. The van der Waals surface area contributed by atoms with E-state index in [1.54, 1.807) is 0 Å². The molecule has 4 nitrogen and oxygen atoms in total. The second kappa shape index (κ2) is 3.73. The van der Waals surface area contributed by atoms with Crippen LogP contribution in [0.3, 0.4) is 0 Å². The summed E-state index contributed by atoms with van der Waals surface area (Å²) in [6.45, 7) is 0.379. The molecule has 1 aromatic rings. The Morgan fingerprint density at radius 2 is 2.08 bits per heavy atom. The van der Waals surface area contributed by atoms with E-state index in [0.29, 0.717) is 13.0 Å². The van der Waals surface area contributed by atoms with Gasteiger partial charge in [-0.2, -0.15) is 18.2 Å². The number of rotatable bonds is 3. The maximum atomic E-state index is 11.9. The van der Waals surface area contributed by atoms with Gasteiger partial charge in [-0.15, -0.1) is 0 Å². The summed E-state index contributed by atoms with van der Waals surface area (Å²) in [5.41, 5.74) is 5.16. The number of aryl methyl sites for hydroxylation is 1. The van der Waals surface area contributed by atoms with Gasteiger partial charge in [-0.3, -0.25) is 0 Å². The van der Waals surface area contributed by atoms with Crippen LogP contribution < -0.4 is 5.73 Å². The number of hydrogen-bond acceptors (Lipinski definition) is 4. The second-order valence-electron chi connectivity index (χ2n) is 2.40. The first-order valence-electron chi connectivity index (χ1n) is 3.64. The molecule has 0 amide bonds. The molecule has 13 heavy (non-hydrogen) atoms. The monoisotopic (exact) mass is 195 g/mol. The molecule has 74 valence electrons. The van der Waals surface area contributed by atoms with Gasteiger partial charge in [0.1, 0.15) is 0 Å². The van der Waals surface area contributed by atoms with Gasteiger partial charge in [0.2, 0.25) is 5.89 Å². The van der Waals surface area contributed by atoms with E-state index in [1.807, 2.05) is 0 Å². The van der Waals surface area contributed by atoms with Gasteiger partial charge in [0.05, 0.1) is 0 Å². The molecule has 0 bridgehead atoms. The van der Waals surface area contributed by atoms with Crippen LogP contribution in [0, 0.1) is 0 Å². The first-order chi connectivity index (χ1) is 6.04. The van der Waals surface area contributed by atoms with Crippen LogP contribution in [0.4, 0.5) is 13.2 Å². The predicted molar refractivity (Wildman–Crippen MR) is 36.7 cm³/mol. The van der Waals surface area contributed by atoms with Crippen molar-refractivity contribution in [1.29, 1.82) is 0 Å². The molecule has 0 aliphatic carbocycles. The van der Waals surface area contributed by atoms with Crippen molar-refractivity contribution in [3.05, 3.63) is 11.7 Å². The maximum Gasteiger partial charge on any atom is 0.455 e. The van der Waals surface area contributed by atoms with Gasteiger partial charge < -0.3 is 10.3 Å². The predicted octanol–water partition coefficient (Wildman–Crippen LogP) is 0.980. The third-order valence-corrected chi connectivity index (χ3v) is 1.32. The number of halogens is 3. The van der Waals surface area contributed by atoms with Crippen molar-refractivity contribution >= 4 is 0 Å². The van der Waals surface area contributed by atoms with Gasteiger partial charge in [-0.25, -0.2) is 0 Å². The highest BCUT2D eigenvalue weighted by atomic mass is 19.4. The van der Waals surface area contributed by atoms with Gasteiger partial charge >= 0.3 is 6.18 Å². The number of alkyl halides is 3. The molecular weight excluding hydrogens is 187 g/mol. The van der Waals surface area contributed by atoms with Crippen molar-refractivity contribution in [3.63, 3.8) is 0 Å². The van der Waals surface area contributed by atoms with E-state index in [4.69, 9.17) is 5.73 Å². The first kappa shape index (κ1) is 9.97. The normalized spacial score (nSPS) is 12.0. The highest BCUT2D eigenvalue weighted by Gasteiger charge is 2.37. The summed E-state index contributed by atoms with van der Waals surface area (Å²) >= 11 is 0. The second-order valence-corrected chi connectivity index (χ2v) is 2.40. The standard InChI is InChI=1S/C6H8F3N3O/c7-6(8,9)5-11-4(13-12-5)2-1-3-10/h1-3,10H2. The molecule has 0 spiro atoms. The molecule has 0 aliphatic heterocycles. The van der Waals surface area contributed by atoms with Crippen LogP contribution in [0.15, 0.2) is 4.52 Å². The molecule has 1 heterocycles. The molecule has 0 unspecified atom stereocenters. The van der Waals surface area contributed by atoms with Crippen molar-refractivity contribution in [1.82, 2.24) is 10.1 Å². The SMILES string of the molecule is NCCCc1nc(C(F)(F)F)no1. The van der Waals surface area contributed by atoms with E-state index in [-0.39, 0.29) is 12.3 Å². The Labute approximate surface area is 71.9 Å². The van der Waals surface area contributed by atoms with Crippen molar-refractivity contribution < 1.29 is 17.7 Å². The molecule has 7 heteroatoms. The van der Waals surface area contributed by atoms with Crippen LogP contribution in [-0.4, -0.2) is 16.7 Å². The average molecular weight is 195 g/mol. The minimum atomic E-state index is -4.54. The summed E-state index contributed by atoms with van der Waals surface area (Å²) in [7, 11) is 0. The average Bonchev–Trinajstić information content (AvgIpc) is 2.47. The number of nitrogens with two attached hydrogens (primary N) is 1. The lowest BCUT2D eigenvalue weighted by molar-refractivity contribution is -0.146. The van der Waals surface area contributed by atoms with Gasteiger partial charge in [-0.05, 0) is 13.0 Å². The molecule has 1 aromatic heterocycles. The summed E-state index contributed by atoms with van der Waals surface area (Å²) in [5.74, 6) is -1.27. The molecule has 0 radical (unpaired) electrons. The van der Waals surface area contributed by atoms with Gasteiger partial charge in [0, 0.05) is 6.42 Å². The minimum Gasteiger partial charge on any atom is -0.339 e. The Kier molecular flexibility index (Phi) is 2.86. The molecule has 0 aliphatic rings. The van der Waals surface area contributed by atoms with Gasteiger partial charge in [0.25, 0.3) is 5.82 Å². The molecule has 1 rings (SSSR count). The Hall–Kier alpha value is -1.11. The maximum absolute atomic E-state index is 11.9. The van der Waals surface area contributed by atoms with Crippen LogP contribution in [0.5, 0.6) is 0 Å². The molecule has 2 N–H and O–H groups in total. The lowest BCUT2D eigenvalue weighted by Gasteiger charge is -1.96. The van der Waals surface area contributed by atoms with E-state index in [2.05, 4.69) is 14.7 Å². The summed E-state index contributed by atoms with van der Waals surface area (Å²) < 4.78 is 40.1. The third kappa shape index (κ3) is 2.69. The molecule has 0 atom stereocenters. The molecule has 0 aromatic carbocycles. The summed E-state index contributed by atoms with van der Waals surface area (Å²) in [6, 6.07) is 0. The summed E-state index contributed by atoms with van der Waals surface area (Å²) in [6.07, 6.45) is -3.73. The van der Waals surface area contributed by atoms with Crippen LogP contribution in [0.25, 0.3) is 0 Å². The molecule has 0 saturated heterocycles. The van der Waals surface area contributed by atoms with E-state index < -0.39 is 12.0 Å². The fourth-order valence-corrected chi connectivity index (χ4v) is 0.725. The zero-order valence-electron chi connectivity index (χ0n) is 6.64. The third-order valence-electron chi connectivity index (χ3n) is 1.32. The fraction of sp³-hybridized carbons (Fsp3) is 0.667. The van der Waals surface area contributed by atoms with Crippen molar-refractivity contribution in [2.24, 2.45) is 5.73 Å². The smallest absolute Gasteiger partial charge is 0.339 e. The van der Waals surface area contributed by atoms with E-state index >= 15 is 0 Å². The summed E-state index contributed by atoms with van der Waals surface area (Å²) in [4.78, 5) is 3.16. The van der Waals surface area contributed by atoms with Gasteiger partial charge in [-0.1, -0.05) is 5.16 Å². The van der Waals surface area contributed by atoms with Crippen molar-refractivity contribution in [2.45, 2.75) is 19.0 Å². The molecular formula is C6H8F3N3O. The van der Waals surface area contributed by atoms with Gasteiger partial charge in [0.15, 0.2) is 0 Å². The van der Waals surface area contributed by atoms with E-state index in [0.717, 1.165) is 0 Å². The Morgan fingerprint density at radius 1 is 1.38 bits per heavy atom.